The zero-order valence-electron chi connectivity index (χ0n) is 9.59. The molecular formula is C13H15NO2S. The summed E-state index contributed by atoms with van der Waals surface area (Å²) in [5.74, 6) is 1.70. The van der Waals surface area contributed by atoms with Gasteiger partial charge in [0.1, 0.15) is 0 Å². The number of hydrogen-bond acceptors (Lipinski definition) is 3. The highest BCUT2D eigenvalue weighted by molar-refractivity contribution is 7.98. The molecule has 1 aliphatic heterocycles. The molecular weight excluding hydrogens is 234 g/mol. The van der Waals surface area contributed by atoms with Crippen LogP contribution in [0.5, 0.6) is 0 Å². The molecule has 0 atom stereocenters. The fraction of sp³-hybridized carbons (Fsp3) is 0.385. The number of carbonyl (C=O) groups is 2. The molecule has 1 heterocycles. The van der Waals surface area contributed by atoms with Gasteiger partial charge in [0.15, 0.2) is 0 Å². The Morgan fingerprint density at radius 1 is 1.06 bits per heavy atom. The van der Waals surface area contributed by atoms with Crippen LogP contribution >= 0.6 is 11.8 Å². The Kier molecular flexibility index (Phi) is 4.20. The van der Waals surface area contributed by atoms with E-state index in [1.807, 2.05) is 18.2 Å². The Labute approximate surface area is 105 Å². The molecule has 0 radical (unpaired) electrons. The van der Waals surface area contributed by atoms with Gasteiger partial charge >= 0.3 is 0 Å². The monoisotopic (exact) mass is 249 g/mol. The largest absolute Gasteiger partial charge is 0.282 e. The quantitative estimate of drug-likeness (QED) is 0.592. The van der Waals surface area contributed by atoms with Gasteiger partial charge in [0.25, 0.3) is 0 Å². The van der Waals surface area contributed by atoms with Crippen molar-refractivity contribution in [1.29, 1.82) is 0 Å². The minimum Gasteiger partial charge on any atom is -0.282 e. The van der Waals surface area contributed by atoms with Crippen LogP contribution in [-0.2, 0) is 15.3 Å². The molecule has 3 nitrogen and oxygen atoms in total. The molecule has 17 heavy (non-hydrogen) atoms. The summed E-state index contributed by atoms with van der Waals surface area (Å²) in [6.07, 6.45) is 0.782. The standard InChI is InChI=1S/C13H15NO2S/c15-12-6-7-13(16)14(12)8-9-17-10-11-4-2-1-3-5-11/h1-5H,6-10H2. The van der Waals surface area contributed by atoms with E-state index in [2.05, 4.69) is 12.1 Å². The molecule has 1 aromatic carbocycles. The molecule has 0 aromatic heterocycles. The Hall–Kier alpha value is -1.29. The van der Waals surface area contributed by atoms with Crippen LogP contribution in [0.1, 0.15) is 18.4 Å². The Bertz CT molecular complexity index is 389. The van der Waals surface area contributed by atoms with Crippen LogP contribution in [0.25, 0.3) is 0 Å². The number of nitrogens with zero attached hydrogens (tertiary/aromatic N) is 1. The van der Waals surface area contributed by atoms with Crippen LogP contribution in [0.15, 0.2) is 30.3 Å². The molecule has 0 N–H and O–H groups in total. The average Bonchev–Trinajstić information content (AvgIpc) is 2.67. The minimum atomic E-state index is -0.0182. The second-order valence-corrected chi connectivity index (χ2v) is 5.08. The second-order valence-electron chi connectivity index (χ2n) is 3.98. The number of hydrogen-bond donors (Lipinski definition) is 0. The van der Waals surface area contributed by atoms with E-state index < -0.39 is 0 Å². The number of rotatable bonds is 5. The number of amides is 2. The number of imide groups is 1. The van der Waals surface area contributed by atoms with E-state index in [9.17, 15) is 9.59 Å². The predicted octanol–water partition coefficient (Wildman–Crippen LogP) is 2.07. The smallest absolute Gasteiger partial charge is 0.229 e. The SMILES string of the molecule is O=C1CCC(=O)N1CCSCc1ccccc1. The van der Waals surface area contributed by atoms with Gasteiger partial charge in [0.2, 0.25) is 11.8 Å². The molecule has 2 rings (SSSR count). The highest BCUT2D eigenvalue weighted by Gasteiger charge is 2.27. The molecule has 1 aromatic rings. The minimum absolute atomic E-state index is 0.0182. The van der Waals surface area contributed by atoms with E-state index >= 15 is 0 Å². The maximum absolute atomic E-state index is 11.3. The molecule has 0 saturated carbocycles. The van der Waals surface area contributed by atoms with E-state index in [1.54, 1.807) is 11.8 Å². The average molecular weight is 249 g/mol. The van der Waals surface area contributed by atoms with Gasteiger partial charge < -0.3 is 0 Å². The second kappa shape index (κ2) is 5.87. The lowest BCUT2D eigenvalue weighted by Crippen LogP contribution is -2.31. The van der Waals surface area contributed by atoms with Crippen LogP contribution in [0.3, 0.4) is 0 Å². The summed E-state index contributed by atoms with van der Waals surface area (Å²) in [6.45, 7) is 0.551. The van der Waals surface area contributed by atoms with Crippen molar-refractivity contribution in [3.8, 4) is 0 Å². The van der Waals surface area contributed by atoms with Crippen LogP contribution in [-0.4, -0.2) is 29.0 Å². The molecule has 1 aliphatic rings. The molecule has 1 fully saturated rings. The van der Waals surface area contributed by atoms with E-state index in [0.29, 0.717) is 19.4 Å². The zero-order chi connectivity index (χ0) is 12.1. The summed E-state index contributed by atoms with van der Waals surface area (Å²) in [5, 5.41) is 0. The van der Waals surface area contributed by atoms with Crippen molar-refractivity contribution >= 4 is 23.6 Å². The van der Waals surface area contributed by atoms with Gasteiger partial charge in [0.05, 0.1) is 0 Å². The normalized spacial score (nSPS) is 15.6. The van der Waals surface area contributed by atoms with E-state index in [4.69, 9.17) is 0 Å². The van der Waals surface area contributed by atoms with Crippen LogP contribution < -0.4 is 0 Å². The lowest BCUT2D eigenvalue weighted by Gasteiger charge is -2.12. The first-order valence-electron chi connectivity index (χ1n) is 5.72. The Morgan fingerprint density at radius 3 is 2.35 bits per heavy atom. The molecule has 1 saturated heterocycles. The maximum atomic E-state index is 11.3. The van der Waals surface area contributed by atoms with Crippen molar-refractivity contribution in [3.63, 3.8) is 0 Å². The van der Waals surface area contributed by atoms with Crippen LogP contribution in [0, 0.1) is 0 Å². The third-order valence-electron chi connectivity index (χ3n) is 2.73. The predicted molar refractivity (Wildman–Crippen MR) is 68.6 cm³/mol. The number of likely N-dealkylation sites (tertiary alicyclic amines) is 1. The molecule has 90 valence electrons. The lowest BCUT2D eigenvalue weighted by molar-refractivity contribution is -0.137. The maximum Gasteiger partial charge on any atom is 0.229 e. The van der Waals surface area contributed by atoms with Gasteiger partial charge in [-0.1, -0.05) is 30.3 Å². The van der Waals surface area contributed by atoms with Gasteiger partial charge in [0, 0.05) is 30.9 Å². The molecule has 0 spiro atoms. The summed E-state index contributed by atoms with van der Waals surface area (Å²) in [4.78, 5) is 24.1. The first-order chi connectivity index (χ1) is 8.27. The van der Waals surface area contributed by atoms with Crippen molar-refractivity contribution in [3.05, 3.63) is 35.9 Å². The fourth-order valence-electron chi connectivity index (χ4n) is 1.79. The molecule has 0 unspecified atom stereocenters. The topological polar surface area (TPSA) is 37.4 Å². The summed E-state index contributed by atoms with van der Waals surface area (Å²) >= 11 is 1.75. The fourth-order valence-corrected chi connectivity index (χ4v) is 2.68. The van der Waals surface area contributed by atoms with E-state index in [1.165, 1.54) is 10.5 Å². The lowest BCUT2D eigenvalue weighted by atomic mass is 10.2. The molecule has 0 bridgehead atoms. The number of benzene rings is 1. The van der Waals surface area contributed by atoms with Gasteiger partial charge in [-0.3, -0.25) is 14.5 Å². The van der Waals surface area contributed by atoms with Crippen LogP contribution in [0.4, 0.5) is 0 Å². The van der Waals surface area contributed by atoms with Gasteiger partial charge in [-0.15, -0.1) is 0 Å². The van der Waals surface area contributed by atoms with Gasteiger partial charge in [-0.25, -0.2) is 0 Å². The molecule has 4 heteroatoms. The summed E-state index contributed by atoms with van der Waals surface area (Å²) in [6, 6.07) is 10.2. The van der Waals surface area contributed by atoms with E-state index in [0.717, 1.165) is 11.5 Å². The van der Waals surface area contributed by atoms with Crippen LogP contribution in [0.2, 0.25) is 0 Å². The first-order valence-corrected chi connectivity index (χ1v) is 6.88. The highest BCUT2D eigenvalue weighted by Crippen LogP contribution is 2.15. The van der Waals surface area contributed by atoms with E-state index in [-0.39, 0.29) is 11.8 Å². The first kappa shape index (κ1) is 12.2. The number of thioether (sulfide) groups is 1. The number of carbonyl (C=O) groups excluding carboxylic acids is 2. The summed E-state index contributed by atoms with van der Waals surface area (Å²) in [5.41, 5.74) is 1.27. The van der Waals surface area contributed by atoms with Crippen molar-refractivity contribution in [2.24, 2.45) is 0 Å². The van der Waals surface area contributed by atoms with Crippen molar-refractivity contribution in [2.75, 3.05) is 12.3 Å². The highest BCUT2D eigenvalue weighted by atomic mass is 32.2. The Morgan fingerprint density at radius 2 is 1.71 bits per heavy atom. The molecule has 2 amide bonds. The summed E-state index contributed by atoms with van der Waals surface area (Å²) in [7, 11) is 0. The third kappa shape index (κ3) is 3.33. The Balaban J connectivity index is 1.70. The van der Waals surface area contributed by atoms with Gasteiger partial charge in [-0.05, 0) is 5.56 Å². The third-order valence-corrected chi connectivity index (χ3v) is 3.73. The van der Waals surface area contributed by atoms with Gasteiger partial charge in [-0.2, -0.15) is 11.8 Å². The molecule has 0 aliphatic carbocycles. The van der Waals surface area contributed by atoms with Crippen molar-refractivity contribution in [1.82, 2.24) is 4.90 Å². The summed E-state index contributed by atoms with van der Waals surface area (Å²) < 4.78 is 0. The zero-order valence-corrected chi connectivity index (χ0v) is 10.4. The van der Waals surface area contributed by atoms with Crippen molar-refractivity contribution < 1.29 is 9.59 Å². The van der Waals surface area contributed by atoms with Crippen molar-refractivity contribution in [2.45, 2.75) is 18.6 Å².